The molecular weight excluding hydrogens is 270 g/mol. The van der Waals surface area contributed by atoms with E-state index in [9.17, 15) is 4.79 Å². The molecular formula is C11H10BrN3O. The van der Waals surface area contributed by atoms with E-state index in [1.165, 1.54) is 10.7 Å². The average molecular weight is 280 g/mol. The Hall–Kier alpha value is -1.62. The number of halogens is 1. The smallest absolute Gasteiger partial charge is 0.273 e. The van der Waals surface area contributed by atoms with Crippen molar-refractivity contribution < 1.29 is 0 Å². The molecule has 1 N–H and O–H groups in total. The van der Waals surface area contributed by atoms with Gasteiger partial charge in [-0.25, -0.2) is 0 Å². The quantitative estimate of drug-likeness (QED) is 0.915. The average Bonchev–Trinajstić information content (AvgIpc) is 2.30. The van der Waals surface area contributed by atoms with Gasteiger partial charge in [0.05, 0.1) is 17.6 Å². The fourth-order valence-electron chi connectivity index (χ4n) is 1.35. The molecule has 0 bridgehead atoms. The van der Waals surface area contributed by atoms with Crippen LogP contribution in [0.1, 0.15) is 0 Å². The van der Waals surface area contributed by atoms with E-state index >= 15 is 0 Å². The minimum Gasteiger partial charge on any atom is -0.387 e. The molecule has 0 spiro atoms. The van der Waals surface area contributed by atoms with Crippen molar-refractivity contribution in [3.05, 3.63) is 51.4 Å². The van der Waals surface area contributed by atoms with Gasteiger partial charge in [-0.2, -0.15) is 9.78 Å². The Balaban J connectivity index is 2.58. The van der Waals surface area contributed by atoms with Crippen LogP contribution in [0.25, 0.3) is 5.69 Å². The molecule has 2 aromatic rings. The van der Waals surface area contributed by atoms with E-state index < -0.39 is 0 Å². The summed E-state index contributed by atoms with van der Waals surface area (Å²) in [7, 11) is 1.75. The second kappa shape index (κ2) is 4.49. The lowest BCUT2D eigenvalue weighted by Gasteiger charge is -2.07. The molecule has 0 aliphatic rings. The maximum absolute atomic E-state index is 11.8. The number of para-hydroxylation sites is 1. The molecule has 0 aliphatic carbocycles. The zero-order chi connectivity index (χ0) is 11.5. The van der Waals surface area contributed by atoms with Gasteiger partial charge < -0.3 is 5.32 Å². The number of rotatable bonds is 2. The predicted octanol–water partition coefficient (Wildman–Crippen LogP) is 2.04. The minimum absolute atomic E-state index is 0.168. The number of anilines is 1. The second-order valence-corrected chi connectivity index (χ2v) is 4.05. The van der Waals surface area contributed by atoms with Crippen molar-refractivity contribution in [1.82, 2.24) is 9.78 Å². The van der Waals surface area contributed by atoms with Gasteiger partial charge in [0, 0.05) is 17.6 Å². The normalized spacial score (nSPS) is 10.1. The van der Waals surface area contributed by atoms with Crippen molar-refractivity contribution in [2.45, 2.75) is 0 Å². The summed E-state index contributed by atoms with van der Waals surface area (Å²) in [5.41, 5.74) is 1.27. The highest BCUT2D eigenvalue weighted by Gasteiger charge is 2.04. The van der Waals surface area contributed by atoms with E-state index in [0.29, 0.717) is 5.69 Å². The SMILES string of the molecule is CNc1cnn(-c2ccccc2Br)c(=O)c1. The van der Waals surface area contributed by atoms with Crippen LogP contribution in [0.5, 0.6) is 0 Å². The minimum atomic E-state index is -0.168. The molecule has 4 nitrogen and oxygen atoms in total. The first-order valence-electron chi connectivity index (χ1n) is 4.74. The molecule has 0 unspecified atom stereocenters. The molecule has 0 aliphatic heterocycles. The molecule has 0 saturated heterocycles. The lowest BCUT2D eigenvalue weighted by Crippen LogP contribution is -2.20. The maximum atomic E-state index is 11.8. The number of benzene rings is 1. The van der Waals surface area contributed by atoms with E-state index in [4.69, 9.17) is 0 Å². The van der Waals surface area contributed by atoms with Gasteiger partial charge in [0.1, 0.15) is 0 Å². The summed E-state index contributed by atoms with van der Waals surface area (Å²) < 4.78 is 2.19. The Bertz CT molecular complexity index is 565. The molecule has 0 saturated carbocycles. The van der Waals surface area contributed by atoms with Crippen molar-refractivity contribution in [2.24, 2.45) is 0 Å². The fraction of sp³-hybridized carbons (Fsp3) is 0.0909. The summed E-state index contributed by atoms with van der Waals surface area (Å²) >= 11 is 3.39. The van der Waals surface area contributed by atoms with Crippen LogP contribution in [0, 0.1) is 0 Å². The molecule has 1 heterocycles. The number of hydrogen-bond acceptors (Lipinski definition) is 3. The Morgan fingerprint density at radius 2 is 2.12 bits per heavy atom. The van der Waals surface area contributed by atoms with Gasteiger partial charge in [-0.1, -0.05) is 12.1 Å². The van der Waals surface area contributed by atoms with Crippen LogP contribution >= 0.6 is 15.9 Å². The highest BCUT2D eigenvalue weighted by molar-refractivity contribution is 9.10. The van der Waals surface area contributed by atoms with Gasteiger partial charge in [-0.3, -0.25) is 4.79 Å². The molecule has 2 rings (SSSR count). The Morgan fingerprint density at radius 3 is 2.75 bits per heavy atom. The summed E-state index contributed by atoms with van der Waals surface area (Å²) in [6.45, 7) is 0. The highest BCUT2D eigenvalue weighted by Crippen LogP contribution is 2.18. The van der Waals surface area contributed by atoms with Gasteiger partial charge in [0.2, 0.25) is 0 Å². The topological polar surface area (TPSA) is 46.9 Å². The van der Waals surface area contributed by atoms with Crippen LogP contribution in [0.2, 0.25) is 0 Å². The van der Waals surface area contributed by atoms with Crippen LogP contribution in [-0.2, 0) is 0 Å². The molecule has 0 atom stereocenters. The summed E-state index contributed by atoms with van der Waals surface area (Å²) in [4.78, 5) is 11.8. The molecule has 82 valence electrons. The standard InChI is InChI=1S/C11H10BrN3O/c1-13-8-6-11(16)15(14-7-8)10-5-3-2-4-9(10)12/h2-7,13H,1H3. The molecule has 0 amide bonds. The third kappa shape index (κ3) is 1.99. The molecule has 0 fully saturated rings. The number of nitrogens with zero attached hydrogens (tertiary/aromatic N) is 2. The van der Waals surface area contributed by atoms with E-state index in [-0.39, 0.29) is 5.56 Å². The van der Waals surface area contributed by atoms with Crippen molar-refractivity contribution in [2.75, 3.05) is 12.4 Å². The predicted molar refractivity (Wildman–Crippen MR) is 67.1 cm³/mol. The zero-order valence-electron chi connectivity index (χ0n) is 8.64. The van der Waals surface area contributed by atoms with Gasteiger partial charge in [-0.15, -0.1) is 0 Å². The van der Waals surface area contributed by atoms with Crippen molar-refractivity contribution in [1.29, 1.82) is 0 Å². The summed E-state index contributed by atoms with van der Waals surface area (Å²) in [5.74, 6) is 0. The highest BCUT2D eigenvalue weighted by atomic mass is 79.9. The van der Waals surface area contributed by atoms with E-state index in [1.807, 2.05) is 24.3 Å². The lowest BCUT2D eigenvalue weighted by molar-refractivity contribution is 0.805. The third-order valence-electron chi connectivity index (χ3n) is 2.17. The van der Waals surface area contributed by atoms with Gasteiger partial charge in [0.15, 0.2) is 0 Å². The van der Waals surface area contributed by atoms with Crippen LogP contribution in [0.15, 0.2) is 45.8 Å². The summed E-state index contributed by atoms with van der Waals surface area (Å²) in [5, 5.41) is 6.97. The first-order valence-corrected chi connectivity index (χ1v) is 5.53. The van der Waals surface area contributed by atoms with Crippen molar-refractivity contribution in [3.63, 3.8) is 0 Å². The van der Waals surface area contributed by atoms with Crippen LogP contribution in [0.4, 0.5) is 5.69 Å². The largest absolute Gasteiger partial charge is 0.387 e. The molecule has 16 heavy (non-hydrogen) atoms. The summed E-state index contributed by atoms with van der Waals surface area (Å²) in [6, 6.07) is 8.96. The van der Waals surface area contributed by atoms with Crippen LogP contribution in [-0.4, -0.2) is 16.8 Å². The van der Waals surface area contributed by atoms with E-state index in [1.54, 1.807) is 13.2 Å². The molecule has 0 radical (unpaired) electrons. The molecule has 5 heteroatoms. The monoisotopic (exact) mass is 279 g/mol. The summed E-state index contributed by atoms with van der Waals surface area (Å²) in [6.07, 6.45) is 1.61. The first kappa shape index (κ1) is 10.9. The third-order valence-corrected chi connectivity index (χ3v) is 2.84. The Kier molecular flexibility index (Phi) is 3.05. The van der Waals surface area contributed by atoms with Gasteiger partial charge >= 0.3 is 0 Å². The Labute approximate surface area is 101 Å². The molecule has 1 aromatic carbocycles. The first-order chi connectivity index (χ1) is 7.72. The number of aromatic nitrogens is 2. The lowest BCUT2D eigenvalue weighted by atomic mass is 10.3. The zero-order valence-corrected chi connectivity index (χ0v) is 10.2. The fourth-order valence-corrected chi connectivity index (χ4v) is 1.80. The van der Waals surface area contributed by atoms with Gasteiger partial charge in [-0.05, 0) is 28.1 Å². The number of hydrogen-bond donors (Lipinski definition) is 1. The second-order valence-electron chi connectivity index (χ2n) is 3.20. The molecule has 1 aromatic heterocycles. The van der Waals surface area contributed by atoms with E-state index in [2.05, 4.69) is 26.3 Å². The van der Waals surface area contributed by atoms with Crippen molar-refractivity contribution >= 4 is 21.6 Å². The Morgan fingerprint density at radius 1 is 1.38 bits per heavy atom. The van der Waals surface area contributed by atoms with E-state index in [0.717, 1.165) is 10.2 Å². The number of nitrogens with one attached hydrogen (secondary N) is 1. The maximum Gasteiger partial charge on any atom is 0.273 e. The van der Waals surface area contributed by atoms with Gasteiger partial charge in [0.25, 0.3) is 5.56 Å². The van der Waals surface area contributed by atoms with Crippen molar-refractivity contribution in [3.8, 4) is 5.69 Å². The van der Waals surface area contributed by atoms with Crippen LogP contribution in [0.3, 0.4) is 0 Å². The van der Waals surface area contributed by atoms with Crippen LogP contribution < -0.4 is 10.9 Å².